The predicted molar refractivity (Wildman–Crippen MR) is 109 cm³/mol. The van der Waals surface area contributed by atoms with Gasteiger partial charge in [-0.15, -0.1) is 0 Å². The molecule has 0 saturated heterocycles. The second-order valence-electron chi connectivity index (χ2n) is 7.23. The molecule has 1 aromatic heterocycles. The Morgan fingerprint density at radius 2 is 1.65 bits per heavy atom. The molecule has 1 aromatic carbocycles. The molecule has 3 N–H and O–H groups in total. The number of rotatable bonds is 9. The summed E-state index contributed by atoms with van der Waals surface area (Å²) in [5.41, 5.74) is 7.89. The Morgan fingerprint density at radius 1 is 1.04 bits per heavy atom. The largest absolute Gasteiger partial charge is 0.494 e. The molecule has 0 atom stereocenters. The van der Waals surface area contributed by atoms with Gasteiger partial charge in [0.2, 0.25) is 0 Å². The fourth-order valence-electron chi connectivity index (χ4n) is 2.80. The summed E-state index contributed by atoms with van der Waals surface area (Å²) in [5.74, 6) is 3.29. The highest BCUT2D eigenvalue weighted by molar-refractivity contribution is 5.78. The molecule has 0 spiro atoms. The van der Waals surface area contributed by atoms with E-state index in [1.807, 2.05) is 31.2 Å². The van der Waals surface area contributed by atoms with Crippen LogP contribution in [0.3, 0.4) is 0 Å². The highest BCUT2D eigenvalue weighted by Gasteiger charge is 2.17. The van der Waals surface area contributed by atoms with E-state index < -0.39 is 0 Å². The molecular formula is C20H31N5O. The van der Waals surface area contributed by atoms with Gasteiger partial charge in [-0.2, -0.15) is 0 Å². The van der Waals surface area contributed by atoms with Gasteiger partial charge in [-0.25, -0.2) is 9.97 Å². The molecule has 26 heavy (non-hydrogen) atoms. The molecule has 0 aliphatic carbocycles. The van der Waals surface area contributed by atoms with Gasteiger partial charge in [0.1, 0.15) is 17.8 Å². The van der Waals surface area contributed by atoms with Gasteiger partial charge in [0, 0.05) is 18.8 Å². The molecule has 0 aliphatic heterocycles. The summed E-state index contributed by atoms with van der Waals surface area (Å²) in [5, 5.41) is 3.29. The number of hydrogen-bond donors (Lipinski definition) is 2. The van der Waals surface area contributed by atoms with Crippen molar-refractivity contribution in [3.8, 4) is 5.75 Å². The van der Waals surface area contributed by atoms with Gasteiger partial charge in [-0.1, -0.05) is 27.7 Å². The fourth-order valence-corrected chi connectivity index (χ4v) is 2.80. The highest BCUT2D eigenvalue weighted by Crippen LogP contribution is 2.30. The summed E-state index contributed by atoms with van der Waals surface area (Å²) in [6.07, 6.45) is 1.57. The monoisotopic (exact) mass is 357 g/mol. The van der Waals surface area contributed by atoms with E-state index in [-0.39, 0.29) is 0 Å². The van der Waals surface area contributed by atoms with Crippen molar-refractivity contribution in [1.82, 2.24) is 9.97 Å². The van der Waals surface area contributed by atoms with Crippen LogP contribution in [0.4, 0.5) is 23.0 Å². The maximum Gasteiger partial charge on any atom is 0.159 e. The van der Waals surface area contributed by atoms with Gasteiger partial charge in [0.25, 0.3) is 0 Å². The average Bonchev–Trinajstić information content (AvgIpc) is 2.57. The minimum Gasteiger partial charge on any atom is -0.494 e. The number of ether oxygens (including phenoxy) is 1. The summed E-state index contributed by atoms with van der Waals surface area (Å²) in [6.45, 7) is 13.2. The van der Waals surface area contributed by atoms with Crippen LogP contribution in [0, 0.1) is 11.8 Å². The summed E-state index contributed by atoms with van der Waals surface area (Å²) in [7, 11) is 0. The smallest absolute Gasteiger partial charge is 0.159 e. The van der Waals surface area contributed by atoms with Crippen LogP contribution in [0.1, 0.15) is 34.6 Å². The summed E-state index contributed by atoms with van der Waals surface area (Å²) in [4.78, 5) is 11.0. The molecule has 1 heterocycles. The van der Waals surface area contributed by atoms with E-state index in [0.717, 1.165) is 30.3 Å². The second-order valence-corrected chi connectivity index (χ2v) is 7.23. The number of nitrogens with two attached hydrogens (primary N) is 1. The van der Waals surface area contributed by atoms with Gasteiger partial charge < -0.3 is 20.7 Å². The lowest BCUT2D eigenvalue weighted by Gasteiger charge is -2.28. The second kappa shape index (κ2) is 9.27. The van der Waals surface area contributed by atoms with Crippen LogP contribution in [0.15, 0.2) is 30.6 Å². The van der Waals surface area contributed by atoms with E-state index in [4.69, 9.17) is 10.5 Å². The van der Waals surface area contributed by atoms with Crippen LogP contribution in [0.5, 0.6) is 5.75 Å². The van der Waals surface area contributed by atoms with Gasteiger partial charge in [-0.05, 0) is 43.0 Å². The van der Waals surface area contributed by atoms with E-state index in [1.165, 1.54) is 0 Å². The van der Waals surface area contributed by atoms with E-state index in [2.05, 4.69) is 47.9 Å². The van der Waals surface area contributed by atoms with Crippen molar-refractivity contribution >= 4 is 23.0 Å². The first-order chi connectivity index (χ1) is 12.4. The molecule has 0 fully saturated rings. The number of benzene rings is 1. The number of hydrogen-bond acceptors (Lipinski definition) is 6. The van der Waals surface area contributed by atoms with Gasteiger partial charge in [-0.3, -0.25) is 0 Å². The van der Waals surface area contributed by atoms with Crippen LogP contribution < -0.4 is 20.7 Å². The number of nitrogens with one attached hydrogen (secondary N) is 1. The third-order valence-corrected chi connectivity index (χ3v) is 3.76. The van der Waals surface area contributed by atoms with Crippen molar-refractivity contribution < 1.29 is 4.74 Å². The number of nitrogens with zero attached hydrogens (tertiary/aromatic N) is 3. The molecule has 6 heteroatoms. The summed E-state index contributed by atoms with van der Waals surface area (Å²) in [6, 6.07) is 7.75. The van der Waals surface area contributed by atoms with Crippen molar-refractivity contribution in [2.45, 2.75) is 34.6 Å². The van der Waals surface area contributed by atoms with Crippen molar-refractivity contribution in [2.75, 3.05) is 35.6 Å². The Bertz CT molecular complexity index is 675. The predicted octanol–water partition coefficient (Wildman–Crippen LogP) is 4.32. The standard InChI is InChI=1S/C20H31N5O/c1-6-26-17-9-7-16(8-10-17)24-19-18(21)20(23-13-22-19)25(11-14(2)3)12-15(4)5/h7-10,13-15H,6,11-12,21H2,1-5H3,(H,22,23,24). The van der Waals surface area contributed by atoms with Crippen LogP contribution in [-0.2, 0) is 0 Å². The Kier molecular flexibility index (Phi) is 7.06. The zero-order valence-corrected chi connectivity index (χ0v) is 16.5. The first kappa shape index (κ1) is 19.8. The highest BCUT2D eigenvalue weighted by atomic mass is 16.5. The average molecular weight is 358 g/mol. The molecule has 0 amide bonds. The molecule has 0 bridgehead atoms. The molecular weight excluding hydrogens is 326 g/mol. The molecule has 6 nitrogen and oxygen atoms in total. The Hall–Kier alpha value is -2.50. The molecule has 0 radical (unpaired) electrons. The topological polar surface area (TPSA) is 76.3 Å². The number of nitrogen functional groups attached to an aromatic ring is 1. The lowest BCUT2D eigenvalue weighted by Crippen LogP contribution is -2.32. The van der Waals surface area contributed by atoms with Crippen molar-refractivity contribution in [3.63, 3.8) is 0 Å². The van der Waals surface area contributed by atoms with Crippen LogP contribution in [0.25, 0.3) is 0 Å². The fraction of sp³-hybridized carbons (Fsp3) is 0.500. The zero-order chi connectivity index (χ0) is 19.1. The zero-order valence-electron chi connectivity index (χ0n) is 16.5. The summed E-state index contributed by atoms with van der Waals surface area (Å²) >= 11 is 0. The molecule has 2 rings (SSSR count). The number of anilines is 4. The Labute approximate surface area is 156 Å². The van der Waals surface area contributed by atoms with E-state index in [1.54, 1.807) is 6.33 Å². The molecule has 142 valence electrons. The first-order valence-electron chi connectivity index (χ1n) is 9.26. The van der Waals surface area contributed by atoms with Crippen LogP contribution in [-0.4, -0.2) is 29.7 Å². The van der Waals surface area contributed by atoms with Crippen molar-refractivity contribution in [3.05, 3.63) is 30.6 Å². The van der Waals surface area contributed by atoms with E-state index in [9.17, 15) is 0 Å². The van der Waals surface area contributed by atoms with Crippen LogP contribution >= 0.6 is 0 Å². The summed E-state index contributed by atoms with van der Waals surface area (Å²) < 4.78 is 5.47. The van der Waals surface area contributed by atoms with Gasteiger partial charge >= 0.3 is 0 Å². The molecule has 0 unspecified atom stereocenters. The normalized spacial score (nSPS) is 11.0. The minimum absolute atomic E-state index is 0.519. The lowest BCUT2D eigenvalue weighted by atomic mass is 10.1. The minimum atomic E-state index is 0.519. The van der Waals surface area contributed by atoms with Gasteiger partial charge in [0.05, 0.1) is 6.61 Å². The first-order valence-corrected chi connectivity index (χ1v) is 9.26. The molecule has 2 aromatic rings. The van der Waals surface area contributed by atoms with Gasteiger partial charge in [0.15, 0.2) is 11.6 Å². The third-order valence-electron chi connectivity index (χ3n) is 3.76. The van der Waals surface area contributed by atoms with Crippen molar-refractivity contribution in [1.29, 1.82) is 0 Å². The van der Waals surface area contributed by atoms with E-state index >= 15 is 0 Å². The van der Waals surface area contributed by atoms with E-state index in [0.29, 0.717) is 29.9 Å². The molecule has 0 saturated carbocycles. The molecule has 0 aliphatic rings. The van der Waals surface area contributed by atoms with Crippen molar-refractivity contribution in [2.24, 2.45) is 11.8 Å². The maximum absolute atomic E-state index is 6.41. The lowest BCUT2D eigenvalue weighted by molar-refractivity contribution is 0.340. The Morgan fingerprint density at radius 3 is 2.19 bits per heavy atom. The number of aromatic nitrogens is 2. The Balaban J connectivity index is 2.23. The third kappa shape index (κ3) is 5.51. The SMILES string of the molecule is CCOc1ccc(Nc2ncnc(N(CC(C)C)CC(C)C)c2N)cc1. The quantitative estimate of drug-likeness (QED) is 0.696. The maximum atomic E-state index is 6.41. The van der Waals surface area contributed by atoms with Crippen LogP contribution in [0.2, 0.25) is 0 Å².